The lowest BCUT2D eigenvalue weighted by Gasteiger charge is -2.11. The molecule has 6 heteroatoms. The van der Waals surface area contributed by atoms with Gasteiger partial charge in [0.1, 0.15) is 0 Å². The van der Waals surface area contributed by atoms with Crippen LogP contribution < -0.4 is 16.2 Å². The van der Waals surface area contributed by atoms with E-state index >= 15 is 0 Å². The Kier molecular flexibility index (Phi) is 3.98. The van der Waals surface area contributed by atoms with Crippen molar-refractivity contribution in [3.63, 3.8) is 0 Å². The van der Waals surface area contributed by atoms with Gasteiger partial charge in [-0.15, -0.1) is 0 Å². The lowest BCUT2D eigenvalue weighted by atomic mass is 10.1. The molecule has 1 amide bonds. The topological polar surface area (TPSA) is 89.8 Å². The van der Waals surface area contributed by atoms with E-state index in [9.17, 15) is 9.59 Å². The second-order valence-electron chi connectivity index (χ2n) is 7.25. The second kappa shape index (κ2) is 6.65. The summed E-state index contributed by atoms with van der Waals surface area (Å²) < 4.78 is 0. The average Bonchev–Trinajstić information content (AvgIpc) is 3.36. The van der Waals surface area contributed by atoms with Crippen LogP contribution in [0, 0.1) is 0 Å². The van der Waals surface area contributed by atoms with Gasteiger partial charge in [-0.25, -0.2) is 0 Å². The molecule has 4 aromatic rings. The highest BCUT2D eigenvalue weighted by atomic mass is 16.1. The first-order valence-corrected chi connectivity index (χ1v) is 9.44. The van der Waals surface area contributed by atoms with Gasteiger partial charge in [0.25, 0.3) is 11.5 Å². The van der Waals surface area contributed by atoms with Gasteiger partial charge in [0.2, 0.25) is 0 Å². The summed E-state index contributed by atoms with van der Waals surface area (Å²) in [4.78, 5) is 31.3. The van der Waals surface area contributed by atoms with Crippen molar-refractivity contribution in [2.45, 2.75) is 12.5 Å². The summed E-state index contributed by atoms with van der Waals surface area (Å²) in [6, 6.07) is 17.2. The largest absolute Gasteiger partial charge is 0.354 e. The predicted octanol–water partition coefficient (Wildman–Crippen LogP) is 2.77. The van der Waals surface area contributed by atoms with Crippen LogP contribution in [0.5, 0.6) is 0 Å². The van der Waals surface area contributed by atoms with Crippen LogP contribution in [0.2, 0.25) is 0 Å². The minimum Gasteiger partial charge on any atom is -0.354 e. The number of hydrogen-bond donors (Lipinski definition) is 4. The van der Waals surface area contributed by atoms with Crippen molar-refractivity contribution in [3.05, 3.63) is 70.5 Å². The van der Waals surface area contributed by atoms with E-state index < -0.39 is 0 Å². The van der Waals surface area contributed by atoms with E-state index in [1.807, 2.05) is 54.6 Å². The number of nitrogens with one attached hydrogen (secondary N) is 4. The third-order valence-corrected chi connectivity index (χ3v) is 5.32. The fourth-order valence-electron chi connectivity index (χ4n) is 3.81. The Morgan fingerprint density at radius 2 is 1.82 bits per heavy atom. The van der Waals surface area contributed by atoms with E-state index in [1.54, 1.807) is 0 Å². The first-order valence-electron chi connectivity index (χ1n) is 9.44. The quantitative estimate of drug-likeness (QED) is 0.446. The number of hydrogen-bond acceptors (Lipinski definition) is 3. The predicted molar refractivity (Wildman–Crippen MR) is 111 cm³/mol. The van der Waals surface area contributed by atoms with Crippen LogP contribution in [0.4, 0.5) is 0 Å². The smallest absolute Gasteiger partial charge is 0.257 e. The maximum absolute atomic E-state index is 12.5. The number of rotatable bonds is 3. The molecule has 0 spiro atoms. The zero-order valence-electron chi connectivity index (χ0n) is 15.2. The van der Waals surface area contributed by atoms with E-state index in [-0.39, 0.29) is 17.5 Å². The average molecular weight is 372 g/mol. The highest BCUT2D eigenvalue weighted by Crippen LogP contribution is 2.25. The molecule has 2 aromatic carbocycles. The Bertz CT molecular complexity index is 1250. The van der Waals surface area contributed by atoms with Gasteiger partial charge in [0, 0.05) is 34.6 Å². The molecule has 0 radical (unpaired) electrons. The maximum atomic E-state index is 12.5. The van der Waals surface area contributed by atoms with E-state index in [0.29, 0.717) is 11.1 Å². The number of benzene rings is 2. The van der Waals surface area contributed by atoms with Crippen molar-refractivity contribution in [2.24, 2.45) is 0 Å². The molecule has 1 saturated heterocycles. The Morgan fingerprint density at radius 1 is 0.964 bits per heavy atom. The minimum atomic E-state index is -0.142. The first-order chi connectivity index (χ1) is 13.7. The molecule has 0 aliphatic carbocycles. The van der Waals surface area contributed by atoms with Crippen molar-refractivity contribution in [3.8, 4) is 11.3 Å². The lowest BCUT2D eigenvalue weighted by molar-refractivity contribution is 0.0940. The van der Waals surface area contributed by atoms with Crippen LogP contribution in [0.15, 0.2) is 59.4 Å². The summed E-state index contributed by atoms with van der Waals surface area (Å²) in [5, 5.41) is 8.18. The Morgan fingerprint density at radius 3 is 2.68 bits per heavy atom. The summed E-state index contributed by atoms with van der Waals surface area (Å²) in [5.41, 5.74) is 3.50. The summed E-state index contributed by atoms with van der Waals surface area (Å²) in [6.45, 7) is 1.75. The second-order valence-corrected chi connectivity index (χ2v) is 7.25. The molecule has 1 atom stereocenters. The van der Waals surface area contributed by atoms with E-state index in [2.05, 4.69) is 20.6 Å². The third kappa shape index (κ3) is 2.97. The lowest BCUT2D eigenvalue weighted by Crippen LogP contribution is -2.36. The number of carbonyl (C=O) groups excluding carboxylic acids is 1. The van der Waals surface area contributed by atoms with E-state index in [1.165, 1.54) is 0 Å². The molecule has 1 fully saturated rings. The normalized spacial score (nSPS) is 16.6. The molecule has 5 rings (SSSR count). The van der Waals surface area contributed by atoms with Gasteiger partial charge in [0.05, 0.1) is 11.3 Å². The number of amides is 1. The molecule has 1 aliphatic heterocycles. The van der Waals surface area contributed by atoms with Crippen molar-refractivity contribution in [1.29, 1.82) is 0 Å². The van der Waals surface area contributed by atoms with Crippen LogP contribution in [-0.4, -0.2) is 35.0 Å². The van der Waals surface area contributed by atoms with Gasteiger partial charge in [-0.3, -0.25) is 9.59 Å². The van der Waals surface area contributed by atoms with Crippen LogP contribution in [0.3, 0.4) is 0 Å². The number of para-hydroxylation sites is 1. The zero-order valence-corrected chi connectivity index (χ0v) is 15.2. The van der Waals surface area contributed by atoms with Crippen molar-refractivity contribution < 1.29 is 4.79 Å². The Balaban J connectivity index is 1.51. The number of aromatic nitrogens is 2. The molecular formula is C22H20N4O2. The summed E-state index contributed by atoms with van der Waals surface area (Å²) in [6.07, 6.45) is 0.951. The monoisotopic (exact) mass is 372 g/mol. The Hall–Kier alpha value is -3.38. The molecule has 0 bridgehead atoms. The molecular weight excluding hydrogens is 352 g/mol. The molecule has 0 saturated carbocycles. The van der Waals surface area contributed by atoms with Gasteiger partial charge in [-0.05, 0) is 54.8 Å². The van der Waals surface area contributed by atoms with Crippen molar-refractivity contribution in [1.82, 2.24) is 20.6 Å². The fraction of sp³-hybridized carbons (Fsp3) is 0.182. The maximum Gasteiger partial charge on any atom is 0.257 e. The van der Waals surface area contributed by atoms with Crippen molar-refractivity contribution in [2.75, 3.05) is 13.1 Å². The van der Waals surface area contributed by atoms with Crippen molar-refractivity contribution >= 4 is 27.7 Å². The first kappa shape index (κ1) is 16.8. The Labute approximate surface area is 161 Å². The van der Waals surface area contributed by atoms with Crippen LogP contribution in [-0.2, 0) is 0 Å². The minimum absolute atomic E-state index is 0.0677. The third-order valence-electron chi connectivity index (χ3n) is 5.32. The van der Waals surface area contributed by atoms with Gasteiger partial charge >= 0.3 is 0 Å². The molecule has 0 unspecified atom stereocenters. The molecule has 6 nitrogen and oxygen atoms in total. The van der Waals surface area contributed by atoms with Gasteiger partial charge in [-0.2, -0.15) is 0 Å². The number of pyridine rings is 1. The highest BCUT2D eigenvalue weighted by molar-refractivity contribution is 5.99. The summed E-state index contributed by atoms with van der Waals surface area (Å²) in [5.74, 6) is -0.0677. The fourth-order valence-corrected chi connectivity index (χ4v) is 3.81. The summed E-state index contributed by atoms with van der Waals surface area (Å²) in [7, 11) is 0. The van der Waals surface area contributed by atoms with Crippen LogP contribution in [0.1, 0.15) is 16.8 Å². The molecule has 4 N–H and O–H groups in total. The van der Waals surface area contributed by atoms with Gasteiger partial charge in [0.15, 0.2) is 0 Å². The van der Waals surface area contributed by atoms with Gasteiger partial charge in [-0.1, -0.05) is 18.2 Å². The molecule has 2 aromatic heterocycles. The van der Waals surface area contributed by atoms with Crippen LogP contribution >= 0.6 is 0 Å². The molecule has 28 heavy (non-hydrogen) atoms. The van der Waals surface area contributed by atoms with Crippen LogP contribution in [0.25, 0.3) is 33.1 Å². The van der Waals surface area contributed by atoms with E-state index in [4.69, 9.17) is 0 Å². The number of fused-ring (bicyclic) bond motifs is 2. The molecule has 140 valence electrons. The standard InChI is InChI=1S/C22H20N4O2/c27-21(24-16-7-8-23-12-16)14-5-6-19-15(9-14)11-20(25-19)17-10-13-3-1-2-4-18(13)26-22(17)28/h1-6,9-11,16,23,25H,7-8,12H2,(H,24,27)(H,26,28)/t16-/m1/s1. The number of carbonyl (C=O) groups is 1. The zero-order chi connectivity index (χ0) is 19.1. The van der Waals surface area contributed by atoms with Gasteiger partial charge < -0.3 is 20.6 Å². The number of aromatic amines is 2. The molecule has 1 aliphatic rings. The molecule has 3 heterocycles. The summed E-state index contributed by atoms with van der Waals surface area (Å²) >= 11 is 0. The highest BCUT2D eigenvalue weighted by Gasteiger charge is 2.18. The number of H-pyrrole nitrogens is 2. The SMILES string of the molecule is O=C(N[C@@H]1CCNC1)c1ccc2[nH]c(-c3cc4ccccc4[nH]c3=O)cc2c1. The van der Waals surface area contributed by atoms with E-state index in [0.717, 1.165) is 47.0 Å².